The number of amides is 1. The minimum Gasteiger partial charge on any atom is -0.370 e. The zero-order chi connectivity index (χ0) is 13.7. The van der Waals surface area contributed by atoms with Gasteiger partial charge in [-0.2, -0.15) is 0 Å². The molecule has 0 radical (unpaired) electrons. The number of nitrogens with two attached hydrogens (primary N) is 2. The molecule has 1 amide bonds. The van der Waals surface area contributed by atoms with E-state index >= 15 is 0 Å². The molecule has 0 spiro atoms. The molecule has 3 nitrogen and oxygen atoms in total. The number of unbranched alkanes of at least 4 members (excludes halogenated alkanes) is 1. The molecule has 0 saturated heterocycles. The number of rotatable bonds is 6. The number of carbonyl (C=O) groups is 1. The summed E-state index contributed by atoms with van der Waals surface area (Å²) in [5.41, 5.74) is 14.9. The van der Waals surface area contributed by atoms with Crippen LogP contribution in [0.25, 0.3) is 0 Å². The van der Waals surface area contributed by atoms with Crippen molar-refractivity contribution in [3.8, 4) is 0 Å². The van der Waals surface area contributed by atoms with Gasteiger partial charge in [0.1, 0.15) is 0 Å². The van der Waals surface area contributed by atoms with Gasteiger partial charge >= 0.3 is 0 Å². The number of hydrogen-bond acceptors (Lipinski definition) is 2. The number of benzene rings is 1. The highest BCUT2D eigenvalue weighted by molar-refractivity contribution is 9.10. The molecule has 1 atom stereocenters. The molecule has 1 unspecified atom stereocenters. The van der Waals surface area contributed by atoms with E-state index in [0.29, 0.717) is 6.42 Å². The van der Waals surface area contributed by atoms with Crippen LogP contribution in [0.4, 0.5) is 0 Å². The molecular weight excluding hydrogens is 292 g/mol. The topological polar surface area (TPSA) is 69.1 Å². The number of aryl methyl sites for hydroxylation is 2. The largest absolute Gasteiger partial charge is 0.370 e. The third-order valence-electron chi connectivity index (χ3n) is 3.14. The smallest absolute Gasteiger partial charge is 0.217 e. The Hall–Kier alpha value is -0.870. The fraction of sp³-hybridized carbons (Fsp3) is 0.500. The maximum atomic E-state index is 10.6. The number of hydrogen-bond donors (Lipinski definition) is 2. The summed E-state index contributed by atoms with van der Waals surface area (Å²) in [6.45, 7) is 4.13. The second kappa shape index (κ2) is 6.90. The SMILES string of the molecule is Cc1cc(C(N)CCCCC(N)=O)c(C)cc1Br. The Labute approximate surface area is 117 Å². The van der Waals surface area contributed by atoms with E-state index in [1.165, 1.54) is 16.7 Å². The minimum atomic E-state index is -0.237. The predicted molar refractivity (Wildman–Crippen MR) is 78.2 cm³/mol. The van der Waals surface area contributed by atoms with Crippen LogP contribution in [0.1, 0.15) is 48.4 Å². The minimum absolute atomic E-state index is 0.0321. The van der Waals surface area contributed by atoms with Crippen molar-refractivity contribution in [1.29, 1.82) is 0 Å². The highest BCUT2D eigenvalue weighted by atomic mass is 79.9. The van der Waals surface area contributed by atoms with E-state index in [4.69, 9.17) is 11.5 Å². The summed E-state index contributed by atoms with van der Waals surface area (Å²) in [5, 5.41) is 0. The average molecular weight is 313 g/mol. The molecule has 4 heteroatoms. The lowest BCUT2D eigenvalue weighted by Gasteiger charge is -2.16. The van der Waals surface area contributed by atoms with E-state index in [9.17, 15) is 4.79 Å². The zero-order valence-electron chi connectivity index (χ0n) is 11.0. The monoisotopic (exact) mass is 312 g/mol. The van der Waals surface area contributed by atoms with Crippen molar-refractivity contribution in [2.75, 3.05) is 0 Å². The molecule has 18 heavy (non-hydrogen) atoms. The fourth-order valence-electron chi connectivity index (χ4n) is 2.02. The van der Waals surface area contributed by atoms with Crippen LogP contribution < -0.4 is 11.5 Å². The molecule has 100 valence electrons. The first kappa shape index (κ1) is 15.2. The van der Waals surface area contributed by atoms with E-state index < -0.39 is 0 Å². The van der Waals surface area contributed by atoms with Gasteiger partial charge in [-0.1, -0.05) is 28.4 Å². The van der Waals surface area contributed by atoms with Crippen LogP contribution in [0.15, 0.2) is 16.6 Å². The van der Waals surface area contributed by atoms with Crippen molar-refractivity contribution in [3.63, 3.8) is 0 Å². The molecule has 0 aliphatic heterocycles. The van der Waals surface area contributed by atoms with Crippen LogP contribution in [0.2, 0.25) is 0 Å². The normalized spacial score (nSPS) is 12.4. The van der Waals surface area contributed by atoms with Crippen molar-refractivity contribution >= 4 is 21.8 Å². The van der Waals surface area contributed by atoms with Gasteiger partial charge in [-0.25, -0.2) is 0 Å². The van der Waals surface area contributed by atoms with Gasteiger partial charge in [0.25, 0.3) is 0 Å². The summed E-state index contributed by atoms with van der Waals surface area (Å²) in [4.78, 5) is 10.6. The lowest BCUT2D eigenvalue weighted by molar-refractivity contribution is -0.118. The van der Waals surface area contributed by atoms with E-state index in [0.717, 1.165) is 23.7 Å². The third-order valence-corrected chi connectivity index (χ3v) is 3.99. The Bertz CT molecular complexity index is 432. The molecule has 1 aromatic rings. The van der Waals surface area contributed by atoms with Crippen LogP contribution in [0.3, 0.4) is 0 Å². The number of halogens is 1. The molecule has 0 aliphatic carbocycles. The zero-order valence-corrected chi connectivity index (χ0v) is 12.6. The molecule has 1 aromatic carbocycles. The molecule has 0 fully saturated rings. The van der Waals surface area contributed by atoms with Crippen LogP contribution in [-0.4, -0.2) is 5.91 Å². The lowest BCUT2D eigenvalue weighted by Crippen LogP contribution is -2.13. The van der Waals surface area contributed by atoms with Crippen molar-refractivity contribution in [2.45, 2.75) is 45.6 Å². The first-order valence-electron chi connectivity index (χ1n) is 6.22. The highest BCUT2D eigenvalue weighted by Crippen LogP contribution is 2.26. The summed E-state index contributed by atoms with van der Waals surface area (Å²) in [5.74, 6) is -0.237. The van der Waals surface area contributed by atoms with Crippen LogP contribution >= 0.6 is 15.9 Å². The average Bonchev–Trinajstić information content (AvgIpc) is 2.28. The van der Waals surface area contributed by atoms with Gasteiger partial charge in [-0.3, -0.25) is 4.79 Å². The first-order chi connectivity index (χ1) is 8.41. The van der Waals surface area contributed by atoms with Crippen LogP contribution in [0.5, 0.6) is 0 Å². The number of carbonyl (C=O) groups excluding carboxylic acids is 1. The van der Waals surface area contributed by atoms with Gasteiger partial charge in [0.15, 0.2) is 0 Å². The van der Waals surface area contributed by atoms with E-state index in [1.807, 2.05) is 0 Å². The Kier molecular flexibility index (Phi) is 5.82. The first-order valence-corrected chi connectivity index (χ1v) is 7.01. The summed E-state index contributed by atoms with van der Waals surface area (Å²) < 4.78 is 1.12. The summed E-state index contributed by atoms with van der Waals surface area (Å²) in [7, 11) is 0. The van der Waals surface area contributed by atoms with Crippen molar-refractivity contribution < 1.29 is 4.79 Å². The van der Waals surface area contributed by atoms with E-state index in [2.05, 4.69) is 41.9 Å². The van der Waals surface area contributed by atoms with Crippen molar-refractivity contribution in [3.05, 3.63) is 33.3 Å². The van der Waals surface area contributed by atoms with Gasteiger partial charge in [0, 0.05) is 16.9 Å². The maximum Gasteiger partial charge on any atom is 0.217 e. The second-order valence-corrected chi connectivity index (χ2v) is 5.63. The van der Waals surface area contributed by atoms with Gasteiger partial charge in [0.05, 0.1) is 0 Å². The van der Waals surface area contributed by atoms with E-state index in [1.54, 1.807) is 0 Å². The Balaban J connectivity index is 2.58. The molecule has 0 aromatic heterocycles. The van der Waals surface area contributed by atoms with Crippen LogP contribution in [0, 0.1) is 13.8 Å². The molecule has 0 heterocycles. The van der Waals surface area contributed by atoms with E-state index in [-0.39, 0.29) is 11.9 Å². The van der Waals surface area contributed by atoms with Gasteiger partial charge in [-0.05, 0) is 49.4 Å². The van der Waals surface area contributed by atoms with Gasteiger partial charge in [0.2, 0.25) is 5.91 Å². The van der Waals surface area contributed by atoms with Gasteiger partial charge < -0.3 is 11.5 Å². The fourth-order valence-corrected chi connectivity index (χ4v) is 2.48. The standard InChI is InChI=1S/C14H21BrN2O/c1-9-8-12(15)10(2)7-11(9)13(16)5-3-4-6-14(17)18/h7-8,13H,3-6,16H2,1-2H3,(H2,17,18). The summed E-state index contributed by atoms with van der Waals surface area (Å²) in [6.07, 6.45) is 3.08. The predicted octanol–water partition coefficient (Wildman–Crippen LogP) is 3.11. The highest BCUT2D eigenvalue weighted by Gasteiger charge is 2.10. The molecule has 0 saturated carbocycles. The van der Waals surface area contributed by atoms with Gasteiger partial charge in [-0.15, -0.1) is 0 Å². The maximum absolute atomic E-state index is 10.6. The summed E-state index contributed by atoms with van der Waals surface area (Å²) >= 11 is 3.52. The molecule has 0 aliphatic rings. The van der Waals surface area contributed by atoms with Crippen molar-refractivity contribution in [1.82, 2.24) is 0 Å². The molecule has 4 N–H and O–H groups in total. The van der Waals surface area contributed by atoms with Crippen LogP contribution in [-0.2, 0) is 4.79 Å². The summed E-state index contributed by atoms with van der Waals surface area (Å²) in [6, 6.07) is 4.27. The third kappa shape index (κ3) is 4.42. The molecular formula is C14H21BrN2O. The Morgan fingerprint density at radius 3 is 2.56 bits per heavy atom. The second-order valence-electron chi connectivity index (χ2n) is 4.78. The molecule has 1 rings (SSSR count). The Morgan fingerprint density at radius 2 is 1.94 bits per heavy atom. The molecule has 0 bridgehead atoms. The quantitative estimate of drug-likeness (QED) is 0.792. The van der Waals surface area contributed by atoms with Crippen molar-refractivity contribution in [2.24, 2.45) is 11.5 Å². The number of primary amides is 1. The Morgan fingerprint density at radius 1 is 1.28 bits per heavy atom. The lowest BCUT2D eigenvalue weighted by atomic mass is 9.95.